The van der Waals surface area contributed by atoms with Crippen LogP contribution in [0.4, 0.5) is 0 Å². The van der Waals surface area contributed by atoms with E-state index in [9.17, 15) is 14.7 Å². The molecule has 8 nitrogen and oxygen atoms in total. The predicted octanol–water partition coefficient (Wildman–Crippen LogP) is 1.62. The SMILES string of the molecule is COCC(=O)N(C1CCCC1)C1CC(C(=O)NCCO)=CC(Oc2ccccc2I)C1O. The predicted molar refractivity (Wildman–Crippen MR) is 127 cm³/mol. The number of ether oxygens (including phenoxy) is 2. The lowest BCUT2D eigenvalue weighted by Gasteiger charge is -2.43. The molecule has 0 saturated heterocycles. The van der Waals surface area contributed by atoms with Gasteiger partial charge in [-0.15, -0.1) is 0 Å². The van der Waals surface area contributed by atoms with E-state index in [4.69, 9.17) is 14.6 Å². The van der Waals surface area contributed by atoms with E-state index in [1.54, 1.807) is 11.0 Å². The first-order valence-electron chi connectivity index (χ1n) is 10.9. The smallest absolute Gasteiger partial charge is 0.249 e. The molecule has 2 aliphatic carbocycles. The van der Waals surface area contributed by atoms with E-state index >= 15 is 0 Å². The van der Waals surface area contributed by atoms with E-state index in [-0.39, 0.29) is 44.0 Å². The zero-order chi connectivity index (χ0) is 23.1. The van der Waals surface area contributed by atoms with Gasteiger partial charge >= 0.3 is 0 Å². The minimum atomic E-state index is -1.01. The van der Waals surface area contributed by atoms with Gasteiger partial charge in [-0.05, 0) is 53.6 Å². The van der Waals surface area contributed by atoms with Gasteiger partial charge in [-0.25, -0.2) is 0 Å². The molecule has 1 aromatic rings. The van der Waals surface area contributed by atoms with Gasteiger partial charge in [-0.2, -0.15) is 0 Å². The summed E-state index contributed by atoms with van der Waals surface area (Å²) in [5.41, 5.74) is 0.429. The van der Waals surface area contributed by atoms with Gasteiger partial charge in [0.05, 0.1) is 16.2 Å². The molecule has 0 radical (unpaired) electrons. The van der Waals surface area contributed by atoms with Gasteiger partial charge in [0.25, 0.3) is 0 Å². The highest BCUT2D eigenvalue weighted by Crippen LogP contribution is 2.33. The van der Waals surface area contributed by atoms with Crippen LogP contribution in [-0.4, -0.2) is 78.1 Å². The third-order valence-corrected chi connectivity index (χ3v) is 6.84. The summed E-state index contributed by atoms with van der Waals surface area (Å²) in [5.74, 6) is 0.0613. The summed E-state index contributed by atoms with van der Waals surface area (Å²) in [6.45, 7) is -0.133. The van der Waals surface area contributed by atoms with Crippen molar-refractivity contribution in [3.05, 3.63) is 39.5 Å². The van der Waals surface area contributed by atoms with Crippen LogP contribution < -0.4 is 10.1 Å². The van der Waals surface area contributed by atoms with E-state index in [2.05, 4.69) is 27.9 Å². The summed E-state index contributed by atoms with van der Waals surface area (Å²) in [7, 11) is 1.47. The maximum Gasteiger partial charge on any atom is 0.249 e. The summed E-state index contributed by atoms with van der Waals surface area (Å²) in [6, 6.07) is 6.82. The highest BCUT2D eigenvalue weighted by molar-refractivity contribution is 14.1. The van der Waals surface area contributed by atoms with Crippen molar-refractivity contribution >= 4 is 34.4 Å². The van der Waals surface area contributed by atoms with E-state index in [1.165, 1.54) is 7.11 Å². The number of benzene rings is 1. The number of amides is 2. The maximum absolute atomic E-state index is 13.0. The van der Waals surface area contributed by atoms with Crippen LogP contribution in [-0.2, 0) is 14.3 Å². The molecule has 3 N–H and O–H groups in total. The quantitative estimate of drug-likeness (QED) is 0.398. The van der Waals surface area contributed by atoms with Crippen molar-refractivity contribution < 1.29 is 29.3 Å². The Hall–Kier alpha value is -1.69. The van der Waals surface area contributed by atoms with Crippen LogP contribution in [0.15, 0.2) is 35.9 Å². The molecule has 176 valence electrons. The van der Waals surface area contributed by atoms with Crippen molar-refractivity contribution in [2.45, 2.75) is 56.4 Å². The van der Waals surface area contributed by atoms with Gasteiger partial charge in [-0.1, -0.05) is 25.0 Å². The molecule has 0 aliphatic heterocycles. The zero-order valence-corrected chi connectivity index (χ0v) is 20.4. The number of hydrogen-bond acceptors (Lipinski definition) is 6. The van der Waals surface area contributed by atoms with Gasteiger partial charge in [0.15, 0.2) is 0 Å². The molecule has 2 aliphatic rings. The lowest BCUT2D eigenvalue weighted by atomic mass is 9.87. The molecule has 2 amide bonds. The Morgan fingerprint density at radius 1 is 1.25 bits per heavy atom. The number of para-hydroxylation sites is 1. The summed E-state index contributed by atoms with van der Waals surface area (Å²) >= 11 is 2.16. The minimum absolute atomic E-state index is 0.00494. The highest BCUT2D eigenvalue weighted by Gasteiger charge is 2.43. The molecule has 1 aromatic carbocycles. The van der Waals surface area contributed by atoms with Crippen molar-refractivity contribution in [2.24, 2.45) is 0 Å². The number of halogens is 1. The second-order valence-electron chi connectivity index (χ2n) is 8.12. The first kappa shape index (κ1) is 24.9. The molecular weight excluding hydrogens is 527 g/mol. The Balaban J connectivity index is 1.93. The lowest BCUT2D eigenvalue weighted by Crippen LogP contribution is -2.58. The Bertz CT molecular complexity index is 826. The summed E-state index contributed by atoms with van der Waals surface area (Å²) < 4.78 is 12.1. The normalized spacial score (nSPS) is 23.5. The Morgan fingerprint density at radius 2 is 1.97 bits per heavy atom. The fraction of sp³-hybridized carbons (Fsp3) is 0.565. The second-order valence-corrected chi connectivity index (χ2v) is 9.28. The van der Waals surface area contributed by atoms with E-state index in [1.807, 2.05) is 24.3 Å². The minimum Gasteiger partial charge on any atom is -0.482 e. The van der Waals surface area contributed by atoms with Crippen molar-refractivity contribution in [2.75, 3.05) is 26.9 Å². The number of methoxy groups -OCH3 is 1. The van der Waals surface area contributed by atoms with Crippen LogP contribution in [0, 0.1) is 3.57 Å². The molecule has 1 saturated carbocycles. The first-order valence-corrected chi connectivity index (χ1v) is 12.0. The van der Waals surface area contributed by atoms with Crippen LogP contribution in [0.2, 0.25) is 0 Å². The molecule has 32 heavy (non-hydrogen) atoms. The number of rotatable bonds is 9. The average Bonchev–Trinajstić information content (AvgIpc) is 3.30. The van der Waals surface area contributed by atoms with Crippen LogP contribution in [0.1, 0.15) is 32.1 Å². The van der Waals surface area contributed by atoms with Crippen molar-refractivity contribution in [3.8, 4) is 5.75 Å². The molecule has 0 bridgehead atoms. The number of carbonyl (C=O) groups is 2. The van der Waals surface area contributed by atoms with Crippen molar-refractivity contribution in [3.63, 3.8) is 0 Å². The van der Waals surface area contributed by atoms with Crippen molar-refractivity contribution in [1.82, 2.24) is 10.2 Å². The molecule has 9 heteroatoms. The van der Waals surface area contributed by atoms with Crippen LogP contribution in [0.5, 0.6) is 5.75 Å². The number of nitrogens with one attached hydrogen (secondary N) is 1. The Kier molecular flexibility index (Phi) is 9.33. The van der Waals surface area contributed by atoms with Gasteiger partial charge in [0, 0.05) is 31.7 Å². The number of aliphatic hydroxyl groups excluding tert-OH is 2. The van der Waals surface area contributed by atoms with Crippen LogP contribution in [0.25, 0.3) is 0 Å². The Morgan fingerprint density at radius 3 is 2.62 bits per heavy atom. The van der Waals surface area contributed by atoms with Crippen LogP contribution >= 0.6 is 22.6 Å². The van der Waals surface area contributed by atoms with Gasteiger partial charge in [0.2, 0.25) is 11.8 Å². The third kappa shape index (κ3) is 6.00. The number of nitrogens with zero attached hydrogens (tertiary/aromatic N) is 1. The maximum atomic E-state index is 13.0. The molecular formula is C23H31IN2O6. The van der Waals surface area contributed by atoms with E-state index in [0.717, 1.165) is 29.3 Å². The van der Waals surface area contributed by atoms with E-state index < -0.39 is 18.2 Å². The molecule has 0 spiro atoms. The third-order valence-electron chi connectivity index (χ3n) is 5.95. The monoisotopic (exact) mass is 558 g/mol. The van der Waals surface area contributed by atoms with Gasteiger partial charge in [0.1, 0.15) is 24.6 Å². The highest BCUT2D eigenvalue weighted by atomic mass is 127. The zero-order valence-electron chi connectivity index (χ0n) is 18.2. The molecule has 0 aromatic heterocycles. The topological polar surface area (TPSA) is 108 Å². The molecule has 3 unspecified atom stereocenters. The average molecular weight is 558 g/mol. The van der Waals surface area contributed by atoms with Crippen molar-refractivity contribution in [1.29, 1.82) is 0 Å². The fourth-order valence-electron chi connectivity index (χ4n) is 4.47. The van der Waals surface area contributed by atoms with Gasteiger partial charge in [-0.3, -0.25) is 9.59 Å². The summed E-state index contributed by atoms with van der Waals surface area (Å²) in [4.78, 5) is 27.5. The fourth-order valence-corrected chi connectivity index (χ4v) is 4.99. The summed E-state index contributed by atoms with van der Waals surface area (Å²) in [6.07, 6.45) is 3.77. The largest absolute Gasteiger partial charge is 0.482 e. The first-order chi connectivity index (χ1) is 15.5. The number of hydrogen-bond donors (Lipinski definition) is 3. The molecule has 0 heterocycles. The van der Waals surface area contributed by atoms with Crippen LogP contribution in [0.3, 0.4) is 0 Å². The lowest BCUT2D eigenvalue weighted by molar-refractivity contribution is -0.145. The van der Waals surface area contributed by atoms with Gasteiger partial charge < -0.3 is 29.9 Å². The summed E-state index contributed by atoms with van der Waals surface area (Å²) in [5, 5.41) is 23.1. The number of carbonyl (C=O) groups excluding carboxylic acids is 2. The molecule has 3 rings (SSSR count). The molecule has 1 fully saturated rings. The molecule has 3 atom stereocenters. The standard InChI is InChI=1S/C23H31IN2O6/c1-31-14-21(28)26(16-6-2-3-7-16)18-12-15(23(30)25-10-11-27)13-20(22(18)29)32-19-9-5-4-8-17(19)24/h4-5,8-9,13,16,18,20,22,27,29H,2-3,6-7,10-12,14H2,1H3,(H,25,30). The van der Waals surface area contributed by atoms with E-state index in [0.29, 0.717) is 11.3 Å². The second kappa shape index (κ2) is 12.0. The number of aliphatic hydroxyl groups is 2. The Labute approximate surface area is 202 Å².